The first-order chi connectivity index (χ1) is 7.18. The molecule has 0 aliphatic rings. The van der Waals surface area contributed by atoms with Crippen molar-refractivity contribution in [3.63, 3.8) is 0 Å². The minimum atomic E-state index is -1.13. The summed E-state index contributed by atoms with van der Waals surface area (Å²) < 4.78 is 0. The van der Waals surface area contributed by atoms with E-state index < -0.39 is 6.29 Å². The highest BCUT2D eigenvalue weighted by atomic mass is 16.5. The zero-order valence-corrected chi connectivity index (χ0v) is 9.32. The first kappa shape index (κ1) is 12.2. The topological polar surface area (TPSA) is 40.5 Å². The summed E-state index contributed by atoms with van der Waals surface area (Å²) in [4.78, 5) is 0. The standard InChI is InChI=1S/C13H20O2/c1-11-7-9-12(10-8-11)5-3-2-4-6-13(14)15/h7-10,13-15H,2-6H2,1H3. The lowest BCUT2D eigenvalue weighted by molar-refractivity contribution is -0.0465. The predicted octanol–water partition coefficient (Wildman–Crippen LogP) is 2.41. The van der Waals surface area contributed by atoms with Gasteiger partial charge >= 0.3 is 0 Å². The number of aliphatic hydroxyl groups excluding tert-OH is 1. The molecule has 0 saturated carbocycles. The van der Waals surface area contributed by atoms with Crippen LogP contribution < -0.4 is 0 Å². The smallest absolute Gasteiger partial charge is 0.151 e. The molecule has 0 radical (unpaired) electrons. The molecule has 0 fully saturated rings. The average Bonchev–Trinajstić information content (AvgIpc) is 2.20. The normalized spacial score (nSPS) is 10.9. The number of benzene rings is 1. The van der Waals surface area contributed by atoms with Crippen molar-refractivity contribution in [3.05, 3.63) is 35.4 Å². The van der Waals surface area contributed by atoms with Gasteiger partial charge in [-0.05, 0) is 38.2 Å². The highest BCUT2D eigenvalue weighted by molar-refractivity contribution is 5.21. The van der Waals surface area contributed by atoms with Crippen LogP contribution in [0.4, 0.5) is 0 Å². The monoisotopic (exact) mass is 208 g/mol. The maximum absolute atomic E-state index is 8.65. The van der Waals surface area contributed by atoms with Crippen molar-refractivity contribution in [2.45, 2.75) is 45.3 Å². The molecule has 1 aromatic carbocycles. The fourth-order valence-electron chi connectivity index (χ4n) is 1.59. The van der Waals surface area contributed by atoms with Crippen molar-refractivity contribution in [2.75, 3.05) is 0 Å². The molecular formula is C13H20O2. The van der Waals surface area contributed by atoms with Gasteiger partial charge in [0.15, 0.2) is 6.29 Å². The number of rotatable bonds is 6. The van der Waals surface area contributed by atoms with Gasteiger partial charge in [0.25, 0.3) is 0 Å². The maximum atomic E-state index is 8.65. The summed E-state index contributed by atoms with van der Waals surface area (Å²) >= 11 is 0. The fourth-order valence-corrected chi connectivity index (χ4v) is 1.59. The van der Waals surface area contributed by atoms with E-state index in [2.05, 4.69) is 31.2 Å². The van der Waals surface area contributed by atoms with Crippen LogP contribution in [0.15, 0.2) is 24.3 Å². The first-order valence-electron chi connectivity index (χ1n) is 5.60. The lowest BCUT2D eigenvalue weighted by Crippen LogP contribution is -2.03. The van der Waals surface area contributed by atoms with Crippen LogP contribution >= 0.6 is 0 Å². The van der Waals surface area contributed by atoms with Gasteiger partial charge in [-0.1, -0.05) is 36.2 Å². The summed E-state index contributed by atoms with van der Waals surface area (Å²) in [6, 6.07) is 8.59. The van der Waals surface area contributed by atoms with E-state index >= 15 is 0 Å². The van der Waals surface area contributed by atoms with Crippen LogP contribution in [-0.4, -0.2) is 16.5 Å². The van der Waals surface area contributed by atoms with Gasteiger partial charge in [0.05, 0.1) is 0 Å². The lowest BCUT2D eigenvalue weighted by atomic mass is 10.0. The van der Waals surface area contributed by atoms with Crippen molar-refractivity contribution in [1.29, 1.82) is 0 Å². The van der Waals surface area contributed by atoms with Crippen LogP contribution in [0.3, 0.4) is 0 Å². The van der Waals surface area contributed by atoms with E-state index in [1.807, 2.05) is 0 Å². The number of unbranched alkanes of at least 4 members (excludes halogenated alkanes) is 2. The van der Waals surface area contributed by atoms with E-state index in [0.29, 0.717) is 6.42 Å². The summed E-state index contributed by atoms with van der Waals surface area (Å²) in [6.07, 6.45) is 3.52. The maximum Gasteiger partial charge on any atom is 0.151 e. The van der Waals surface area contributed by atoms with Gasteiger partial charge < -0.3 is 10.2 Å². The van der Waals surface area contributed by atoms with Crippen LogP contribution in [-0.2, 0) is 6.42 Å². The number of aryl methyl sites for hydroxylation is 2. The van der Waals surface area contributed by atoms with Crippen LogP contribution in [0.2, 0.25) is 0 Å². The molecule has 84 valence electrons. The van der Waals surface area contributed by atoms with Crippen molar-refractivity contribution in [3.8, 4) is 0 Å². The Morgan fingerprint density at radius 3 is 2.27 bits per heavy atom. The van der Waals surface area contributed by atoms with Crippen LogP contribution in [0, 0.1) is 6.92 Å². The Kier molecular flexibility index (Phi) is 5.37. The molecule has 0 unspecified atom stereocenters. The SMILES string of the molecule is Cc1ccc(CCCCCC(O)O)cc1. The minimum absolute atomic E-state index is 0.494. The molecule has 2 heteroatoms. The number of hydrogen-bond donors (Lipinski definition) is 2. The minimum Gasteiger partial charge on any atom is -0.368 e. The van der Waals surface area contributed by atoms with Crippen molar-refractivity contribution >= 4 is 0 Å². The molecule has 0 spiro atoms. The van der Waals surface area contributed by atoms with Gasteiger partial charge in [0.1, 0.15) is 0 Å². The zero-order chi connectivity index (χ0) is 11.1. The highest BCUT2D eigenvalue weighted by Crippen LogP contribution is 2.09. The van der Waals surface area contributed by atoms with Crippen molar-refractivity contribution in [1.82, 2.24) is 0 Å². The number of aliphatic hydroxyl groups is 2. The van der Waals surface area contributed by atoms with E-state index in [0.717, 1.165) is 25.7 Å². The van der Waals surface area contributed by atoms with E-state index in [-0.39, 0.29) is 0 Å². The Morgan fingerprint density at radius 2 is 1.67 bits per heavy atom. The average molecular weight is 208 g/mol. The first-order valence-corrected chi connectivity index (χ1v) is 5.60. The Bertz CT molecular complexity index is 264. The zero-order valence-electron chi connectivity index (χ0n) is 9.32. The molecule has 0 saturated heterocycles. The Balaban J connectivity index is 2.12. The molecule has 15 heavy (non-hydrogen) atoms. The largest absolute Gasteiger partial charge is 0.368 e. The van der Waals surface area contributed by atoms with E-state index in [9.17, 15) is 0 Å². The third-order valence-corrected chi connectivity index (χ3v) is 2.55. The van der Waals surface area contributed by atoms with Crippen LogP contribution in [0.1, 0.15) is 36.8 Å². The molecule has 1 aromatic rings. The van der Waals surface area contributed by atoms with Gasteiger partial charge in [-0.2, -0.15) is 0 Å². The van der Waals surface area contributed by atoms with E-state index in [1.165, 1.54) is 11.1 Å². The van der Waals surface area contributed by atoms with Gasteiger partial charge in [-0.15, -0.1) is 0 Å². The van der Waals surface area contributed by atoms with Crippen molar-refractivity contribution in [2.24, 2.45) is 0 Å². The van der Waals surface area contributed by atoms with E-state index in [1.54, 1.807) is 0 Å². The molecule has 0 atom stereocenters. The summed E-state index contributed by atoms with van der Waals surface area (Å²) in [5.74, 6) is 0. The predicted molar refractivity (Wildman–Crippen MR) is 61.6 cm³/mol. The van der Waals surface area contributed by atoms with Gasteiger partial charge in [-0.3, -0.25) is 0 Å². The summed E-state index contributed by atoms with van der Waals surface area (Å²) in [5, 5.41) is 17.3. The van der Waals surface area contributed by atoms with E-state index in [4.69, 9.17) is 10.2 Å². The second-order valence-corrected chi connectivity index (χ2v) is 4.07. The second kappa shape index (κ2) is 6.59. The third kappa shape index (κ3) is 5.55. The molecule has 0 aromatic heterocycles. The highest BCUT2D eigenvalue weighted by Gasteiger charge is 1.97. The van der Waals surface area contributed by atoms with Gasteiger partial charge in [-0.25, -0.2) is 0 Å². The molecule has 2 N–H and O–H groups in total. The molecular weight excluding hydrogens is 188 g/mol. The Morgan fingerprint density at radius 1 is 1.00 bits per heavy atom. The quantitative estimate of drug-likeness (QED) is 0.556. The third-order valence-electron chi connectivity index (χ3n) is 2.55. The Labute approximate surface area is 91.6 Å². The molecule has 0 heterocycles. The second-order valence-electron chi connectivity index (χ2n) is 4.07. The summed E-state index contributed by atoms with van der Waals surface area (Å²) in [6.45, 7) is 2.09. The lowest BCUT2D eigenvalue weighted by Gasteiger charge is -2.04. The van der Waals surface area contributed by atoms with Crippen molar-refractivity contribution < 1.29 is 10.2 Å². The number of hydrogen-bond acceptors (Lipinski definition) is 2. The van der Waals surface area contributed by atoms with Gasteiger partial charge in [0.2, 0.25) is 0 Å². The molecule has 2 nitrogen and oxygen atoms in total. The molecule has 0 amide bonds. The van der Waals surface area contributed by atoms with Crippen LogP contribution in [0.25, 0.3) is 0 Å². The van der Waals surface area contributed by atoms with Gasteiger partial charge in [0, 0.05) is 0 Å². The summed E-state index contributed by atoms with van der Waals surface area (Å²) in [7, 11) is 0. The fraction of sp³-hybridized carbons (Fsp3) is 0.538. The molecule has 1 rings (SSSR count). The Hall–Kier alpha value is -0.860. The molecule has 0 aliphatic heterocycles. The van der Waals surface area contributed by atoms with Crippen LogP contribution in [0.5, 0.6) is 0 Å². The molecule has 0 aliphatic carbocycles. The summed E-state index contributed by atoms with van der Waals surface area (Å²) in [5.41, 5.74) is 2.66. The molecule has 0 bridgehead atoms.